The average molecular weight is 433 g/mol. The van der Waals surface area contributed by atoms with Crippen molar-refractivity contribution in [2.45, 2.75) is 65.8 Å². The van der Waals surface area contributed by atoms with Gasteiger partial charge in [-0.05, 0) is 33.3 Å². The molecule has 2 amide bonds. The van der Waals surface area contributed by atoms with Gasteiger partial charge in [-0.1, -0.05) is 50.3 Å². The Labute approximate surface area is 186 Å². The van der Waals surface area contributed by atoms with Crippen molar-refractivity contribution in [3.8, 4) is 0 Å². The lowest BCUT2D eigenvalue weighted by molar-refractivity contribution is -0.160. The number of hydrogen-bond acceptors (Lipinski definition) is 5. The second kappa shape index (κ2) is 10.5. The Morgan fingerprint density at radius 1 is 1.03 bits per heavy atom. The van der Waals surface area contributed by atoms with E-state index in [2.05, 4.69) is 6.58 Å². The zero-order valence-electron chi connectivity index (χ0n) is 20.0. The molecule has 7 nitrogen and oxygen atoms in total. The van der Waals surface area contributed by atoms with E-state index in [1.807, 2.05) is 30.3 Å². The van der Waals surface area contributed by atoms with Crippen LogP contribution in [0.25, 0.3) is 0 Å². The molecule has 0 heterocycles. The van der Waals surface area contributed by atoms with Gasteiger partial charge in [0.1, 0.15) is 24.3 Å². The van der Waals surface area contributed by atoms with Gasteiger partial charge >= 0.3 is 12.1 Å². The first kappa shape index (κ1) is 26.2. The molecule has 172 valence electrons. The molecule has 0 aromatic heterocycles. The van der Waals surface area contributed by atoms with E-state index in [9.17, 15) is 14.4 Å². The molecule has 0 saturated carbocycles. The summed E-state index contributed by atoms with van der Waals surface area (Å²) in [6.07, 6.45) is 1.00. The molecule has 2 atom stereocenters. The standard InChI is InChI=1S/C24H36N2O5/c1-10-24(6,7)19(21(28)30-16-18-14-12-11-13-15-18)26(9)20(27)17(2)25(8)22(29)31-23(3,4)5/h10-15,17,19H,1,16H2,2-9H3/t17-,19-/m1/s1. The first-order chi connectivity index (χ1) is 14.2. The molecule has 0 N–H and O–H groups in total. The second-order valence-electron chi connectivity index (χ2n) is 9.24. The van der Waals surface area contributed by atoms with Gasteiger partial charge in [-0.2, -0.15) is 0 Å². The van der Waals surface area contributed by atoms with Crippen molar-refractivity contribution in [2.75, 3.05) is 14.1 Å². The quantitative estimate of drug-likeness (QED) is 0.458. The lowest BCUT2D eigenvalue weighted by atomic mass is 9.83. The fraction of sp³-hybridized carbons (Fsp3) is 0.542. The van der Waals surface area contributed by atoms with Crippen molar-refractivity contribution in [3.05, 3.63) is 48.6 Å². The number of nitrogens with zero attached hydrogens (tertiary/aromatic N) is 2. The maximum Gasteiger partial charge on any atom is 0.410 e. The summed E-state index contributed by atoms with van der Waals surface area (Å²) in [6.45, 7) is 14.4. The molecule has 0 aliphatic carbocycles. The SMILES string of the molecule is C=CC(C)(C)[C@@H](C(=O)OCc1ccccc1)N(C)C(=O)[C@@H](C)N(C)C(=O)OC(C)(C)C. The number of esters is 1. The molecule has 0 aliphatic heterocycles. The minimum absolute atomic E-state index is 0.0960. The predicted octanol–water partition coefficient (Wildman–Crippen LogP) is 4.02. The molecule has 0 radical (unpaired) electrons. The van der Waals surface area contributed by atoms with Crippen LogP contribution in [0.15, 0.2) is 43.0 Å². The first-order valence-electron chi connectivity index (χ1n) is 10.3. The number of rotatable bonds is 8. The van der Waals surface area contributed by atoms with Crippen LogP contribution >= 0.6 is 0 Å². The van der Waals surface area contributed by atoms with Crippen LogP contribution in [0.4, 0.5) is 4.79 Å². The van der Waals surface area contributed by atoms with Gasteiger partial charge < -0.3 is 14.4 Å². The lowest BCUT2D eigenvalue weighted by Gasteiger charge is -2.39. The number of amides is 2. The van der Waals surface area contributed by atoms with Crippen LogP contribution < -0.4 is 0 Å². The van der Waals surface area contributed by atoms with Crippen molar-refractivity contribution in [1.29, 1.82) is 0 Å². The molecule has 0 saturated heterocycles. The zero-order chi connectivity index (χ0) is 24.0. The Morgan fingerprint density at radius 2 is 1.58 bits per heavy atom. The fourth-order valence-electron chi connectivity index (χ4n) is 2.96. The van der Waals surface area contributed by atoms with E-state index in [0.29, 0.717) is 0 Å². The van der Waals surface area contributed by atoms with E-state index in [1.165, 1.54) is 23.9 Å². The monoisotopic (exact) mass is 432 g/mol. The van der Waals surface area contributed by atoms with Gasteiger partial charge in [-0.3, -0.25) is 9.69 Å². The molecular formula is C24H36N2O5. The number of benzene rings is 1. The maximum absolute atomic E-state index is 13.2. The summed E-state index contributed by atoms with van der Waals surface area (Å²) in [4.78, 5) is 41.1. The highest BCUT2D eigenvalue weighted by atomic mass is 16.6. The average Bonchev–Trinajstić information content (AvgIpc) is 2.69. The fourth-order valence-corrected chi connectivity index (χ4v) is 2.96. The van der Waals surface area contributed by atoms with E-state index in [-0.39, 0.29) is 6.61 Å². The highest BCUT2D eigenvalue weighted by molar-refractivity contribution is 5.89. The van der Waals surface area contributed by atoms with E-state index in [0.717, 1.165) is 5.56 Å². The maximum atomic E-state index is 13.2. The summed E-state index contributed by atoms with van der Waals surface area (Å²) in [6, 6.07) is 7.54. The molecule has 0 unspecified atom stereocenters. The van der Waals surface area contributed by atoms with Gasteiger partial charge in [-0.15, -0.1) is 6.58 Å². The third-order valence-corrected chi connectivity index (χ3v) is 5.03. The van der Waals surface area contributed by atoms with Gasteiger partial charge in [0.05, 0.1) is 0 Å². The third-order valence-electron chi connectivity index (χ3n) is 5.03. The van der Waals surface area contributed by atoms with Crippen LogP contribution in [0.5, 0.6) is 0 Å². The van der Waals surface area contributed by atoms with Crippen molar-refractivity contribution in [3.63, 3.8) is 0 Å². The van der Waals surface area contributed by atoms with E-state index < -0.39 is 41.1 Å². The van der Waals surface area contributed by atoms with Crippen LogP contribution in [-0.2, 0) is 25.7 Å². The summed E-state index contributed by atoms with van der Waals surface area (Å²) in [5.41, 5.74) is -0.602. The van der Waals surface area contributed by atoms with Gasteiger partial charge in [0.15, 0.2) is 0 Å². The lowest BCUT2D eigenvalue weighted by Crippen LogP contribution is -2.56. The molecule has 1 rings (SSSR count). The number of carbonyl (C=O) groups is 3. The molecule has 0 bridgehead atoms. The molecule has 1 aromatic carbocycles. The molecular weight excluding hydrogens is 396 g/mol. The Balaban J connectivity index is 3.02. The summed E-state index contributed by atoms with van der Waals surface area (Å²) in [5, 5.41) is 0. The minimum Gasteiger partial charge on any atom is -0.459 e. The Morgan fingerprint density at radius 3 is 2.06 bits per heavy atom. The Hall–Kier alpha value is -2.83. The van der Waals surface area contributed by atoms with Gasteiger partial charge in [0, 0.05) is 19.5 Å². The molecule has 0 spiro atoms. The highest BCUT2D eigenvalue weighted by Crippen LogP contribution is 2.28. The van der Waals surface area contributed by atoms with E-state index >= 15 is 0 Å². The van der Waals surface area contributed by atoms with E-state index in [1.54, 1.807) is 47.6 Å². The Bertz CT molecular complexity index is 783. The van der Waals surface area contributed by atoms with Gasteiger partial charge in [-0.25, -0.2) is 9.59 Å². The minimum atomic E-state index is -0.921. The van der Waals surface area contributed by atoms with Crippen molar-refractivity contribution >= 4 is 18.0 Å². The van der Waals surface area contributed by atoms with Crippen molar-refractivity contribution < 1.29 is 23.9 Å². The van der Waals surface area contributed by atoms with Gasteiger partial charge in [0.25, 0.3) is 0 Å². The van der Waals surface area contributed by atoms with Crippen molar-refractivity contribution in [2.24, 2.45) is 5.41 Å². The molecule has 0 fully saturated rings. The molecule has 7 heteroatoms. The number of likely N-dealkylation sites (N-methyl/N-ethyl adjacent to an activating group) is 2. The van der Waals surface area contributed by atoms with Crippen molar-refractivity contribution in [1.82, 2.24) is 9.80 Å². The topological polar surface area (TPSA) is 76.2 Å². The third kappa shape index (κ3) is 7.42. The number of hydrogen-bond donors (Lipinski definition) is 0. The number of carbonyl (C=O) groups excluding carboxylic acids is 3. The summed E-state index contributed by atoms with van der Waals surface area (Å²) >= 11 is 0. The highest BCUT2D eigenvalue weighted by Gasteiger charge is 2.42. The van der Waals surface area contributed by atoms with Crippen LogP contribution in [0.2, 0.25) is 0 Å². The Kier molecular flexibility index (Phi) is 8.85. The molecule has 0 aliphatic rings. The predicted molar refractivity (Wildman–Crippen MR) is 120 cm³/mol. The van der Waals surface area contributed by atoms with Crippen LogP contribution in [0.3, 0.4) is 0 Å². The summed E-state index contributed by atoms with van der Waals surface area (Å²) < 4.78 is 10.9. The normalized spacial score (nSPS) is 13.5. The van der Waals surface area contributed by atoms with Crippen LogP contribution in [0.1, 0.15) is 47.1 Å². The molecule has 1 aromatic rings. The zero-order valence-corrected chi connectivity index (χ0v) is 20.0. The molecule has 31 heavy (non-hydrogen) atoms. The van der Waals surface area contributed by atoms with E-state index in [4.69, 9.17) is 9.47 Å². The second-order valence-corrected chi connectivity index (χ2v) is 9.24. The van der Waals surface area contributed by atoms with Crippen LogP contribution in [-0.4, -0.2) is 59.5 Å². The summed E-state index contributed by atoms with van der Waals surface area (Å²) in [5.74, 6) is -0.957. The smallest absolute Gasteiger partial charge is 0.410 e. The number of ether oxygens (including phenoxy) is 2. The largest absolute Gasteiger partial charge is 0.459 e. The van der Waals surface area contributed by atoms with Gasteiger partial charge in [0.2, 0.25) is 5.91 Å². The summed E-state index contributed by atoms with van der Waals surface area (Å²) in [7, 11) is 3.02. The first-order valence-corrected chi connectivity index (χ1v) is 10.3. The van der Waals surface area contributed by atoms with Crippen LogP contribution in [0, 0.1) is 5.41 Å².